The fourth-order valence-electron chi connectivity index (χ4n) is 1.23. The van der Waals surface area contributed by atoms with Gasteiger partial charge in [0, 0.05) is 19.5 Å². The average molecular weight is 207 g/mol. The fourth-order valence-corrected chi connectivity index (χ4v) is 1.23. The molecule has 1 N–H and O–H groups in total. The molecule has 1 aromatic rings. The van der Waals surface area contributed by atoms with E-state index in [1.807, 2.05) is 30.3 Å². The molecule has 0 bridgehead atoms. The highest BCUT2D eigenvalue weighted by molar-refractivity contribution is 5.54. The van der Waals surface area contributed by atoms with Crippen molar-refractivity contribution in [2.24, 2.45) is 0 Å². The topological polar surface area (TPSA) is 38.3 Å². The molecule has 0 atom stereocenters. The number of aldehydes is 1. The largest absolute Gasteiger partial charge is 0.379 e. The maximum absolute atomic E-state index is 9.97. The molecule has 0 aromatic heterocycles. The van der Waals surface area contributed by atoms with Crippen LogP contribution in [-0.2, 0) is 16.0 Å². The molecule has 82 valence electrons. The second-order valence-electron chi connectivity index (χ2n) is 3.22. The van der Waals surface area contributed by atoms with E-state index >= 15 is 0 Å². The van der Waals surface area contributed by atoms with Gasteiger partial charge in [-0.05, 0) is 5.56 Å². The minimum atomic E-state index is 0.529. The van der Waals surface area contributed by atoms with Crippen LogP contribution in [0.4, 0.5) is 0 Å². The van der Waals surface area contributed by atoms with Crippen LogP contribution in [0.1, 0.15) is 5.56 Å². The van der Waals surface area contributed by atoms with E-state index in [-0.39, 0.29) is 0 Å². The summed E-state index contributed by atoms with van der Waals surface area (Å²) in [4.78, 5) is 9.97. The predicted molar refractivity (Wildman–Crippen MR) is 59.9 cm³/mol. The van der Waals surface area contributed by atoms with E-state index in [2.05, 4.69) is 5.32 Å². The lowest BCUT2D eigenvalue weighted by Crippen LogP contribution is -2.30. The van der Waals surface area contributed by atoms with Gasteiger partial charge in [-0.1, -0.05) is 30.3 Å². The van der Waals surface area contributed by atoms with E-state index in [0.29, 0.717) is 6.42 Å². The van der Waals surface area contributed by atoms with Crippen molar-refractivity contribution in [2.45, 2.75) is 6.42 Å². The fraction of sp³-hybridized carbons (Fsp3) is 0.417. The molecule has 1 aliphatic rings. The molecule has 0 radical (unpaired) electrons. The number of hydrogen-bond donors (Lipinski definition) is 1. The molecule has 1 saturated heterocycles. The van der Waals surface area contributed by atoms with Crippen molar-refractivity contribution in [1.29, 1.82) is 0 Å². The van der Waals surface area contributed by atoms with Crippen LogP contribution in [0, 0.1) is 0 Å². The number of hydrogen-bond acceptors (Lipinski definition) is 3. The van der Waals surface area contributed by atoms with Crippen molar-refractivity contribution in [3.8, 4) is 0 Å². The van der Waals surface area contributed by atoms with Crippen LogP contribution >= 0.6 is 0 Å². The minimum absolute atomic E-state index is 0.529. The quantitative estimate of drug-likeness (QED) is 0.736. The average Bonchev–Trinajstić information content (AvgIpc) is 2.34. The van der Waals surface area contributed by atoms with E-state index in [4.69, 9.17) is 4.74 Å². The summed E-state index contributed by atoms with van der Waals surface area (Å²) in [6.45, 7) is 3.83. The Balaban J connectivity index is 0.000000162. The molecule has 1 aromatic carbocycles. The number of carbonyl (C=O) groups excluding carboxylic acids is 1. The highest BCUT2D eigenvalue weighted by Crippen LogP contribution is 1.96. The molecular formula is C12H17NO2. The third-order valence-corrected chi connectivity index (χ3v) is 2.01. The first-order valence-corrected chi connectivity index (χ1v) is 5.19. The summed E-state index contributed by atoms with van der Waals surface area (Å²) >= 11 is 0. The van der Waals surface area contributed by atoms with Crippen LogP contribution in [-0.4, -0.2) is 32.6 Å². The first-order valence-electron chi connectivity index (χ1n) is 5.19. The van der Waals surface area contributed by atoms with Crippen molar-refractivity contribution in [3.05, 3.63) is 35.9 Å². The molecule has 15 heavy (non-hydrogen) atoms. The molecule has 0 spiro atoms. The third-order valence-electron chi connectivity index (χ3n) is 2.01. The molecule has 3 nitrogen and oxygen atoms in total. The molecule has 0 aliphatic carbocycles. The zero-order chi connectivity index (χ0) is 10.8. The lowest BCUT2D eigenvalue weighted by Gasteiger charge is -2.10. The second kappa shape index (κ2) is 8.15. The Labute approximate surface area is 90.4 Å². The first kappa shape index (κ1) is 11.9. The van der Waals surface area contributed by atoms with Gasteiger partial charge in [0.05, 0.1) is 13.2 Å². The molecule has 0 unspecified atom stereocenters. The Morgan fingerprint density at radius 1 is 1.20 bits per heavy atom. The predicted octanol–water partition coefficient (Wildman–Crippen LogP) is 1.03. The summed E-state index contributed by atoms with van der Waals surface area (Å²) in [5, 5.41) is 3.16. The van der Waals surface area contributed by atoms with Crippen LogP contribution in [0.15, 0.2) is 30.3 Å². The van der Waals surface area contributed by atoms with Crippen molar-refractivity contribution < 1.29 is 9.53 Å². The SMILES string of the molecule is C1COCCN1.O=CCc1ccccc1. The lowest BCUT2D eigenvalue weighted by molar-refractivity contribution is -0.107. The first-order chi connectivity index (χ1) is 7.43. The van der Waals surface area contributed by atoms with E-state index in [0.717, 1.165) is 38.2 Å². The number of morpholine rings is 1. The number of rotatable bonds is 2. The normalized spacial score (nSPS) is 14.9. The van der Waals surface area contributed by atoms with E-state index in [1.54, 1.807) is 0 Å². The molecule has 2 rings (SSSR count). The molecule has 1 fully saturated rings. The zero-order valence-electron chi connectivity index (χ0n) is 8.82. The van der Waals surface area contributed by atoms with Gasteiger partial charge in [-0.2, -0.15) is 0 Å². The van der Waals surface area contributed by atoms with Gasteiger partial charge in [0.1, 0.15) is 6.29 Å². The number of nitrogens with one attached hydrogen (secondary N) is 1. The summed E-state index contributed by atoms with van der Waals surface area (Å²) in [5.41, 5.74) is 1.08. The molecule has 1 heterocycles. The Kier molecular flexibility index (Phi) is 6.45. The van der Waals surface area contributed by atoms with E-state index in [9.17, 15) is 4.79 Å². The van der Waals surface area contributed by atoms with Gasteiger partial charge in [0.2, 0.25) is 0 Å². The molecule has 0 amide bonds. The van der Waals surface area contributed by atoms with Crippen molar-refractivity contribution >= 4 is 6.29 Å². The summed E-state index contributed by atoms with van der Waals surface area (Å²) in [5.74, 6) is 0. The number of benzene rings is 1. The summed E-state index contributed by atoms with van der Waals surface area (Å²) in [7, 11) is 0. The molecule has 1 aliphatic heterocycles. The minimum Gasteiger partial charge on any atom is -0.379 e. The Morgan fingerprint density at radius 3 is 2.27 bits per heavy atom. The summed E-state index contributed by atoms with van der Waals surface area (Å²) in [6.07, 6.45) is 1.44. The van der Waals surface area contributed by atoms with Crippen LogP contribution < -0.4 is 5.32 Å². The van der Waals surface area contributed by atoms with Crippen LogP contribution in [0.25, 0.3) is 0 Å². The summed E-state index contributed by atoms with van der Waals surface area (Å²) < 4.78 is 5.01. The maximum Gasteiger partial charge on any atom is 0.124 e. The van der Waals surface area contributed by atoms with Crippen LogP contribution in [0.3, 0.4) is 0 Å². The number of carbonyl (C=O) groups is 1. The van der Waals surface area contributed by atoms with Gasteiger partial charge >= 0.3 is 0 Å². The van der Waals surface area contributed by atoms with Gasteiger partial charge in [-0.15, -0.1) is 0 Å². The van der Waals surface area contributed by atoms with Crippen LogP contribution in [0.2, 0.25) is 0 Å². The highest BCUT2D eigenvalue weighted by Gasteiger charge is 1.92. The van der Waals surface area contributed by atoms with Crippen molar-refractivity contribution in [1.82, 2.24) is 5.32 Å². The highest BCUT2D eigenvalue weighted by atomic mass is 16.5. The lowest BCUT2D eigenvalue weighted by atomic mass is 10.2. The van der Waals surface area contributed by atoms with Crippen molar-refractivity contribution in [2.75, 3.05) is 26.3 Å². The van der Waals surface area contributed by atoms with Gasteiger partial charge in [-0.3, -0.25) is 0 Å². The zero-order valence-corrected chi connectivity index (χ0v) is 8.82. The van der Waals surface area contributed by atoms with Gasteiger partial charge in [-0.25, -0.2) is 0 Å². The van der Waals surface area contributed by atoms with Gasteiger partial charge in [0.25, 0.3) is 0 Å². The van der Waals surface area contributed by atoms with Crippen molar-refractivity contribution in [3.63, 3.8) is 0 Å². The Hall–Kier alpha value is -1.19. The summed E-state index contributed by atoms with van der Waals surface area (Å²) in [6, 6.07) is 9.68. The van der Waals surface area contributed by atoms with E-state index < -0.39 is 0 Å². The maximum atomic E-state index is 9.97. The molecule has 0 saturated carbocycles. The smallest absolute Gasteiger partial charge is 0.124 e. The molecular weight excluding hydrogens is 190 g/mol. The van der Waals surface area contributed by atoms with Gasteiger partial charge < -0.3 is 14.8 Å². The Bertz CT molecular complexity index is 246. The standard InChI is InChI=1S/C8H8O.C4H9NO/c9-7-6-8-4-2-1-3-5-8;1-3-6-4-2-5-1/h1-5,7H,6H2;5H,1-4H2. The van der Waals surface area contributed by atoms with Gasteiger partial charge in [0.15, 0.2) is 0 Å². The third kappa shape index (κ3) is 5.99. The second-order valence-corrected chi connectivity index (χ2v) is 3.22. The van der Waals surface area contributed by atoms with Crippen LogP contribution in [0.5, 0.6) is 0 Å². The Morgan fingerprint density at radius 2 is 1.87 bits per heavy atom. The number of ether oxygens (including phenoxy) is 1. The van der Waals surface area contributed by atoms with E-state index in [1.165, 1.54) is 0 Å². The monoisotopic (exact) mass is 207 g/mol. The molecule has 3 heteroatoms.